The van der Waals surface area contributed by atoms with E-state index in [-0.39, 0.29) is 5.02 Å². The first-order valence-corrected chi connectivity index (χ1v) is 6.19. The van der Waals surface area contributed by atoms with Crippen molar-refractivity contribution in [2.24, 2.45) is 0 Å². The number of likely N-dealkylation sites (N-methyl/N-ethyl adjacent to an activating group) is 1. The molecule has 18 heavy (non-hydrogen) atoms. The summed E-state index contributed by atoms with van der Waals surface area (Å²) in [5.41, 5.74) is -0.851. The maximum Gasteiger partial charge on any atom is 0.328 e. The Morgan fingerprint density at radius 1 is 1.44 bits per heavy atom. The highest BCUT2D eigenvalue weighted by Crippen LogP contribution is 2.34. The third-order valence-electron chi connectivity index (χ3n) is 3.27. The Kier molecular flexibility index (Phi) is 4.71. The van der Waals surface area contributed by atoms with Gasteiger partial charge in [-0.05, 0) is 32.1 Å². The first-order chi connectivity index (χ1) is 8.37. The average Bonchev–Trinajstić information content (AvgIpc) is 2.29. The Morgan fingerprint density at radius 3 is 2.39 bits per heavy atom. The Balaban J connectivity index is 3.40. The smallest absolute Gasteiger partial charge is 0.328 e. The van der Waals surface area contributed by atoms with Crippen LogP contribution in [0, 0.1) is 5.82 Å². The number of carboxylic acids is 1. The summed E-state index contributed by atoms with van der Waals surface area (Å²) in [5.74, 6) is -1.48. The molecule has 0 spiro atoms. The third-order valence-corrected chi connectivity index (χ3v) is 3.58. The summed E-state index contributed by atoms with van der Waals surface area (Å²) in [6.07, 6.45) is 0. The zero-order valence-corrected chi connectivity index (χ0v) is 11.5. The molecule has 0 radical (unpaired) electrons. The molecule has 1 aromatic carbocycles. The van der Waals surface area contributed by atoms with Gasteiger partial charge >= 0.3 is 5.97 Å². The van der Waals surface area contributed by atoms with E-state index >= 15 is 0 Å². The number of nitrogens with zero attached hydrogens (tertiary/aromatic N) is 1. The van der Waals surface area contributed by atoms with Gasteiger partial charge in [-0.1, -0.05) is 31.5 Å². The van der Waals surface area contributed by atoms with E-state index in [1.165, 1.54) is 12.1 Å². The van der Waals surface area contributed by atoms with Crippen LogP contribution in [0.3, 0.4) is 0 Å². The summed E-state index contributed by atoms with van der Waals surface area (Å²) in [6.45, 7) is 6.46. The lowest BCUT2D eigenvalue weighted by molar-refractivity contribution is -0.151. The van der Waals surface area contributed by atoms with Gasteiger partial charge in [-0.25, -0.2) is 9.18 Å². The monoisotopic (exact) mass is 273 g/mol. The molecule has 0 aliphatic carbocycles. The van der Waals surface area contributed by atoms with E-state index < -0.39 is 17.3 Å². The van der Waals surface area contributed by atoms with Gasteiger partial charge in [0, 0.05) is 10.6 Å². The van der Waals surface area contributed by atoms with E-state index in [1.807, 2.05) is 13.8 Å². The highest BCUT2D eigenvalue weighted by Gasteiger charge is 2.41. The molecule has 5 heteroatoms. The van der Waals surface area contributed by atoms with Crippen LogP contribution >= 0.6 is 11.6 Å². The number of halogens is 2. The van der Waals surface area contributed by atoms with E-state index in [0.717, 1.165) is 6.07 Å². The largest absolute Gasteiger partial charge is 0.480 e. The molecule has 0 aliphatic heterocycles. The molecule has 0 bridgehead atoms. The van der Waals surface area contributed by atoms with Gasteiger partial charge in [-0.3, -0.25) is 4.90 Å². The van der Waals surface area contributed by atoms with Gasteiger partial charge in [0.1, 0.15) is 11.4 Å². The molecule has 1 N–H and O–H groups in total. The molecule has 0 saturated heterocycles. The zero-order valence-electron chi connectivity index (χ0n) is 10.7. The highest BCUT2D eigenvalue weighted by molar-refractivity contribution is 6.31. The summed E-state index contributed by atoms with van der Waals surface area (Å²) in [4.78, 5) is 13.4. The Hall–Kier alpha value is -1.13. The fourth-order valence-corrected chi connectivity index (χ4v) is 2.51. The van der Waals surface area contributed by atoms with Crippen LogP contribution in [0.15, 0.2) is 18.2 Å². The van der Waals surface area contributed by atoms with Crippen LogP contribution in [0.1, 0.15) is 26.3 Å². The molecule has 0 heterocycles. The van der Waals surface area contributed by atoms with Crippen LogP contribution in [0.5, 0.6) is 0 Å². The van der Waals surface area contributed by atoms with Crippen molar-refractivity contribution in [3.63, 3.8) is 0 Å². The second kappa shape index (κ2) is 5.67. The molecule has 0 saturated carbocycles. The van der Waals surface area contributed by atoms with Gasteiger partial charge in [0.05, 0.1) is 0 Å². The number of hydrogen-bond acceptors (Lipinski definition) is 2. The average molecular weight is 274 g/mol. The maximum atomic E-state index is 13.1. The van der Waals surface area contributed by atoms with Crippen molar-refractivity contribution in [1.29, 1.82) is 0 Å². The lowest BCUT2D eigenvalue weighted by atomic mass is 9.89. The third kappa shape index (κ3) is 2.49. The topological polar surface area (TPSA) is 40.5 Å². The SMILES string of the molecule is CCN(CC)C(C)(C(=O)O)c1ccc(F)cc1Cl. The molecule has 0 fully saturated rings. The number of carboxylic acid groups (broad SMARTS) is 1. The van der Waals surface area contributed by atoms with Crippen molar-refractivity contribution in [3.8, 4) is 0 Å². The normalized spacial score (nSPS) is 14.6. The number of rotatable bonds is 5. The molecule has 1 atom stereocenters. The molecule has 1 aromatic rings. The first-order valence-electron chi connectivity index (χ1n) is 5.81. The summed E-state index contributed by atoms with van der Waals surface area (Å²) in [6, 6.07) is 3.80. The van der Waals surface area contributed by atoms with E-state index in [1.54, 1.807) is 11.8 Å². The van der Waals surface area contributed by atoms with Gasteiger partial charge in [-0.2, -0.15) is 0 Å². The van der Waals surface area contributed by atoms with Crippen LogP contribution in [-0.4, -0.2) is 29.1 Å². The van der Waals surface area contributed by atoms with Crippen LogP contribution in [0.25, 0.3) is 0 Å². The van der Waals surface area contributed by atoms with Gasteiger partial charge < -0.3 is 5.11 Å². The lowest BCUT2D eigenvalue weighted by Gasteiger charge is -2.37. The van der Waals surface area contributed by atoms with E-state index in [2.05, 4.69) is 0 Å². The predicted molar refractivity (Wildman–Crippen MR) is 69.3 cm³/mol. The van der Waals surface area contributed by atoms with Gasteiger partial charge in [-0.15, -0.1) is 0 Å². The van der Waals surface area contributed by atoms with Crippen molar-refractivity contribution in [3.05, 3.63) is 34.6 Å². The predicted octanol–water partition coefficient (Wildman–Crippen LogP) is 3.12. The van der Waals surface area contributed by atoms with E-state index in [4.69, 9.17) is 11.6 Å². The van der Waals surface area contributed by atoms with Crippen LogP contribution in [-0.2, 0) is 10.3 Å². The molecule has 1 rings (SSSR count). The molecule has 1 unspecified atom stereocenters. The van der Waals surface area contributed by atoms with Crippen molar-refractivity contribution in [1.82, 2.24) is 4.90 Å². The van der Waals surface area contributed by atoms with E-state index in [0.29, 0.717) is 18.7 Å². The molecule has 100 valence electrons. The standard InChI is InChI=1S/C13H17ClFNO2/c1-4-16(5-2)13(3,12(17)18)10-7-6-9(15)8-11(10)14/h6-8H,4-5H2,1-3H3,(H,17,18). The van der Waals surface area contributed by atoms with Gasteiger partial charge in [0.25, 0.3) is 0 Å². The van der Waals surface area contributed by atoms with Gasteiger partial charge in [0.2, 0.25) is 0 Å². The van der Waals surface area contributed by atoms with Crippen molar-refractivity contribution in [2.75, 3.05) is 13.1 Å². The minimum Gasteiger partial charge on any atom is -0.480 e. The molecular formula is C13H17ClFNO2. The van der Waals surface area contributed by atoms with Crippen molar-refractivity contribution in [2.45, 2.75) is 26.3 Å². The first kappa shape index (κ1) is 14.9. The fraction of sp³-hybridized carbons (Fsp3) is 0.462. The number of benzene rings is 1. The number of hydrogen-bond donors (Lipinski definition) is 1. The zero-order chi connectivity index (χ0) is 13.9. The quantitative estimate of drug-likeness (QED) is 0.896. The number of carbonyl (C=O) groups is 1. The van der Waals surface area contributed by atoms with Crippen LogP contribution in [0.2, 0.25) is 5.02 Å². The highest BCUT2D eigenvalue weighted by atomic mass is 35.5. The minimum absolute atomic E-state index is 0.131. The molecule has 0 aliphatic rings. The lowest BCUT2D eigenvalue weighted by Crippen LogP contribution is -2.49. The van der Waals surface area contributed by atoms with Crippen LogP contribution in [0.4, 0.5) is 4.39 Å². The Morgan fingerprint density at radius 2 is 2.00 bits per heavy atom. The van der Waals surface area contributed by atoms with Gasteiger partial charge in [0.15, 0.2) is 0 Å². The van der Waals surface area contributed by atoms with Crippen LogP contribution < -0.4 is 0 Å². The molecule has 3 nitrogen and oxygen atoms in total. The van der Waals surface area contributed by atoms with E-state index in [9.17, 15) is 14.3 Å². The van der Waals surface area contributed by atoms with Crippen molar-refractivity contribution < 1.29 is 14.3 Å². The Labute approximate surface area is 111 Å². The second-order valence-electron chi connectivity index (χ2n) is 4.17. The van der Waals surface area contributed by atoms with Crippen molar-refractivity contribution >= 4 is 17.6 Å². The second-order valence-corrected chi connectivity index (χ2v) is 4.58. The maximum absolute atomic E-state index is 13.1. The molecule has 0 amide bonds. The summed E-state index contributed by atoms with van der Waals surface area (Å²) in [7, 11) is 0. The summed E-state index contributed by atoms with van der Waals surface area (Å²) < 4.78 is 13.1. The molecule has 0 aromatic heterocycles. The fourth-order valence-electron chi connectivity index (χ4n) is 2.16. The summed E-state index contributed by atoms with van der Waals surface area (Å²) in [5, 5.41) is 9.65. The number of aliphatic carboxylic acids is 1. The summed E-state index contributed by atoms with van der Waals surface area (Å²) >= 11 is 5.99. The minimum atomic E-state index is -1.26. The molecular weight excluding hydrogens is 257 g/mol. The Bertz CT molecular complexity index is 449.